The summed E-state index contributed by atoms with van der Waals surface area (Å²) < 4.78 is 0. The predicted octanol–water partition coefficient (Wildman–Crippen LogP) is 2.62. The van der Waals surface area contributed by atoms with Crippen molar-refractivity contribution in [2.45, 2.75) is 18.4 Å². The third kappa shape index (κ3) is 2.29. The summed E-state index contributed by atoms with van der Waals surface area (Å²) in [7, 11) is 0. The largest absolute Gasteiger partial charge is 0.372 e. The van der Waals surface area contributed by atoms with Crippen LogP contribution in [0, 0.1) is 28.6 Å². The standard InChI is InChI=1S/C18H14N2O/c19-14-17(10-11-17)18(21,16-6-2-1-3-7-16)9-8-15-5-4-12-20-13-15/h1-7,12-13,21H,10-11H2/t18-/m0/s1. The van der Waals surface area contributed by atoms with Crippen LogP contribution in [0.5, 0.6) is 0 Å². The SMILES string of the molecule is N#CC1([C@](O)(C#Cc2cccnc2)c2ccccc2)CC1. The Hall–Kier alpha value is -2.62. The third-order valence-electron chi connectivity index (χ3n) is 3.90. The number of pyridine rings is 1. The first kappa shape index (κ1) is 13.4. The molecule has 1 fully saturated rings. The molecule has 0 radical (unpaired) electrons. The Morgan fingerprint density at radius 2 is 1.90 bits per heavy atom. The second-order valence-corrected chi connectivity index (χ2v) is 5.26. The molecule has 1 atom stereocenters. The molecule has 2 aromatic rings. The van der Waals surface area contributed by atoms with Crippen molar-refractivity contribution in [1.82, 2.24) is 4.98 Å². The Kier molecular flexibility index (Phi) is 3.22. The van der Waals surface area contributed by atoms with E-state index in [0.717, 1.165) is 5.56 Å². The number of rotatable bonds is 2. The first-order chi connectivity index (χ1) is 10.2. The van der Waals surface area contributed by atoms with Gasteiger partial charge in [0, 0.05) is 18.0 Å². The van der Waals surface area contributed by atoms with Crippen LogP contribution in [-0.2, 0) is 5.60 Å². The average molecular weight is 274 g/mol. The maximum absolute atomic E-state index is 11.1. The average Bonchev–Trinajstić information content (AvgIpc) is 3.36. The van der Waals surface area contributed by atoms with Gasteiger partial charge in [-0.05, 0) is 30.5 Å². The minimum atomic E-state index is -1.45. The second kappa shape index (κ2) is 5.05. The number of hydrogen-bond donors (Lipinski definition) is 1. The lowest BCUT2D eigenvalue weighted by Gasteiger charge is -2.27. The van der Waals surface area contributed by atoms with Crippen LogP contribution in [0.2, 0.25) is 0 Å². The Bertz CT molecular complexity index is 734. The smallest absolute Gasteiger partial charge is 0.169 e. The molecule has 102 valence electrons. The van der Waals surface area contributed by atoms with Gasteiger partial charge in [0.1, 0.15) is 5.41 Å². The fourth-order valence-electron chi connectivity index (χ4n) is 2.43. The van der Waals surface area contributed by atoms with Gasteiger partial charge in [0.15, 0.2) is 5.60 Å². The molecule has 0 spiro atoms. The summed E-state index contributed by atoms with van der Waals surface area (Å²) in [5.41, 5.74) is -0.858. The van der Waals surface area contributed by atoms with Crippen molar-refractivity contribution in [3.8, 4) is 17.9 Å². The predicted molar refractivity (Wildman–Crippen MR) is 78.7 cm³/mol. The highest BCUT2D eigenvalue weighted by molar-refractivity contribution is 5.44. The molecule has 3 heteroatoms. The van der Waals surface area contributed by atoms with Gasteiger partial charge in [0.25, 0.3) is 0 Å². The lowest BCUT2D eigenvalue weighted by molar-refractivity contribution is 0.0456. The summed E-state index contributed by atoms with van der Waals surface area (Å²) in [5.74, 6) is 5.88. The van der Waals surface area contributed by atoms with Crippen molar-refractivity contribution in [3.05, 3.63) is 66.0 Å². The van der Waals surface area contributed by atoms with E-state index in [0.29, 0.717) is 18.4 Å². The molecule has 0 bridgehead atoms. The first-order valence-electron chi connectivity index (χ1n) is 6.83. The highest BCUT2D eigenvalue weighted by Gasteiger charge is 2.60. The highest BCUT2D eigenvalue weighted by Crippen LogP contribution is 2.57. The Balaban J connectivity index is 2.07. The molecule has 0 aliphatic heterocycles. The summed E-state index contributed by atoms with van der Waals surface area (Å²) in [6.45, 7) is 0. The molecule has 3 rings (SSSR count). The lowest BCUT2D eigenvalue weighted by Crippen LogP contribution is -2.34. The van der Waals surface area contributed by atoms with Gasteiger partial charge >= 0.3 is 0 Å². The van der Waals surface area contributed by atoms with Crippen molar-refractivity contribution in [1.29, 1.82) is 5.26 Å². The maximum atomic E-state index is 11.1. The van der Waals surface area contributed by atoms with Crippen LogP contribution in [0.15, 0.2) is 54.9 Å². The van der Waals surface area contributed by atoms with E-state index < -0.39 is 11.0 Å². The van der Waals surface area contributed by atoms with E-state index in [-0.39, 0.29) is 0 Å². The van der Waals surface area contributed by atoms with Gasteiger partial charge in [-0.1, -0.05) is 42.2 Å². The maximum Gasteiger partial charge on any atom is 0.169 e. The van der Waals surface area contributed by atoms with E-state index in [2.05, 4.69) is 22.9 Å². The van der Waals surface area contributed by atoms with Crippen molar-refractivity contribution in [2.24, 2.45) is 5.41 Å². The molecule has 1 N–H and O–H groups in total. The van der Waals surface area contributed by atoms with Crippen molar-refractivity contribution >= 4 is 0 Å². The number of benzene rings is 1. The first-order valence-corrected chi connectivity index (χ1v) is 6.83. The van der Waals surface area contributed by atoms with Crippen molar-refractivity contribution < 1.29 is 5.11 Å². The van der Waals surface area contributed by atoms with Crippen LogP contribution in [0.25, 0.3) is 0 Å². The van der Waals surface area contributed by atoms with Crippen LogP contribution in [0.4, 0.5) is 0 Å². The molecule has 0 saturated heterocycles. The minimum Gasteiger partial charge on any atom is -0.372 e. The van der Waals surface area contributed by atoms with Crippen LogP contribution >= 0.6 is 0 Å². The zero-order valence-electron chi connectivity index (χ0n) is 11.5. The van der Waals surface area contributed by atoms with E-state index in [1.54, 1.807) is 18.5 Å². The van der Waals surface area contributed by atoms with Crippen LogP contribution < -0.4 is 0 Å². The monoisotopic (exact) mass is 274 g/mol. The van der Waals surface area contributed by atoms with Gasteiger partial charge < -0.3 is 5.11 Å². The summed E-state index contributed by atoms with van der Waals surface area (Å²) in [4.78, 5) is 4.01. The van der Waals surface area contributed by atoms with E-state index in [4.69, 9.17) is 0 Å². The molecule has 1 heterocycles. The molecule has 1 aromatic carbocycles. The highest BCUT2D eigenvalue weighted by atomic mass is 16.3. The Morgan fingerprint density at radius 1 is 1.14 bits per heavy atom. The fourth-order valence-corrected chi connectivity index (χ4v) is 2.43. The third-order valence-corrected chi connectivity index (χ3v) is 3.90. The Morgan fingerprint density at radius 3 is 2.48 bits per heavy atom. The Labute approximate surface area is 123 Å². The number of hydrogen-bond acceptors (Lipinski definition) is 3. The topological polar surface area (TPSA) is 56.9 Å². The van der Waals surface area contributed by atoms with E-state index in [1.807, 2.05) is 36.4 Å². The van der Waals surface area contributed by atoms with E-state index >= 15 is 0 Å². The lowest BCUT2D eigenvalue weighted by atomic mass is 9.79. The summed E-state index contributed by atoms with van der Waals surface area (Å²) in [6.07, 6.45) is 4.64. The van der Waals surface area contributed by atoms with E-state index in [1.165, 1.54) is 0 Å². The van der Waals surface area contributed by atoms with Gasteiger partial charge in [0.05, 0.1) is 6.07 Å². The molecule has 1 aromatic heterocycles. The zero-order chi connectivity index (χ0) is 14.8. The van der Waals surface area contributed by atoms with E-state index in [9.17, 15) is 10.4 Å². The summed E-state index contributed by atoms with van der Waals surface area (Å²) >= 11 is 0. The van der Waals surface area contributed by atoms with Gasteiger partial charge in [-0.2, -0.15) is 5.26 Å². The second-order valence-electron chi connectivity index (χ2n) is 5.26. The van der Waals surface area contributed by atoms with Gasteiger partial charge in [-0.15, -0.1) is 0 Å². The van der Waals surface area contributed by atoms with Crippen molar-refractivity contribution in [3.63, 3.8) is 0 Å². The van der Waals surface area contributed by atoms with Gasteiger partial charge in [0.2, 0.25) is 0 Å². The van der Waals surface area contributed by atoms with Crippen LogP contribution in [0.1, 0.15) is 24.0 Å². The van der Waals surface area contributed by atoms with Gasteiger partial charge in [-0.25, -0.2) is 0 Å². The fraction of sp³-hybridized carbons (Fsp3) is 0.222. The zero-order valence-corrected chi connectivity index (χ0v) is 11.5. The minimum absolute atomic E-state index is 0.663. The molecule has 21 heavy (non-hydrogen) atoms. The number of aromatic nitrogens is 1. The molecule has 3 nitrogen and oxygen atoms in total. The quantitative estimate of drug-likeness (QED) is 0.856. The van der Waals surface area contributed by atoms with Crippen molar-refractivity contribution in [2.75, 3.05) is 0 Å². The number of nitrogens with zero attached hydrogens (tertiary/aromatic N) is 2. The molecule has 1 aliphatic carbocycles. The number of aliphatic hydroxyl groups is 1. The molecule has 0 unspecified atom stereocenters. The summed E-state index contributed by atoms with van der Waals surface area (Å²) in [5, 5.41) is 20.6. The molecular formula is C18H14N2O. The van der Waals surface area contributed by atoms with Crippen LogP contribution in [-0.4, -0.2) is 10.1 Å². The van der Waals surface area contributed by atoms with Crippen LogP contribution in [0.3, 0.4) is 0 Å². The van der Waals surface area contributed by atoms with Gasteiger partial charge in [-0.3, -0.25) is 4.98 Å². The number of nitriles is 1. The molecule has 1 saturated carbocycles. The molecule has 0 amide bonds. The molecule has 1 aliphatic rings. The molecular weight excluding hydrogens is 260 g/mol. The summed E-state index contributed by atoms with van der Waals surface area (Å²) in [6, 6.07) is 15.1. The normalized spacial score (nSPS) is 17.7.